The summed E-state index contributed by atoms with van der Waals surface area (Å²) in [6.45, 7) is 2.28. The second kappa shape index (κ2) is 6.74. The summed E-state index contributed by atoms with van der Waals surface area (Å²) >= 11 is 1.31. The van der Waals surface area contributed by atoms with E-state index in [1.807, 2.05) is 6.92 Å². The Morgan fingerprint density at radius 2 is 2.33 bits per heavy atom. The highest BCUT2D eigenvalue weighted by atomic mass is 32.1. The Hall–Kier alpha value is -1.84. The molecule has 1 unspecified atom stereocenters. The third-order valence-corrected chi connectivity index (χ3v) is 4.61. The molecular formula is C15H18N2O3S. The number of nitrogens with zero attached hydrogens (tertiary/aromatic N) is 1. The van der Waals surface area contributed by atoms with Crippen LogP contribution in [-0.4, -0.2) is 48.1 Å². The van der Waals surface area contributed by atoms with Crippen LogP contribution in [-0.2, 0) is 4.79 Å². The predicted molar refractivity (Wildman–Crippen MR) is 81.1 cm³/mol. The van der Waals surface area contributed by atoms with Crippen molar-refractivity contribution in [1.82, 2.24) is 10.2 Å². The van der Waals surface area contributed by atoms with Crippen LogP contribution in [0.15, 0.2) is 6.07 Å². The Bertz CT molecular complexity index is 612. The molecule has 1 saturated heterocycles. The molecule has 6 heteroatoms. The molecule has 21 heavy (non-hydrogen) atoms. The molecular weight excluding hydrogens is 288 g/mol. The SMILES string of the molecule is CNC(=O)C1CCCN1C(=O)c1cc(C)c(C#CCO)s1. The third-order valence-electron chi connectivity index (χ3n) is 3.47. The zero-order valence-corrected chi connectivity index (χ0v) is 12.9. The Labute approximate surface area is 128 Å². The number of rotatable bonds is 2. The van der Waals surface area contributed by atoms with E-state index in [9.17, 15) is 9.59 Å². The summed E-state index contributed by atoms with van der Waals surface area (Å²) in [7, 11) is 1.58. The van der Waals surface area contributed by atoms with Gasteiger partial charge in [0.25, 0.3) is 5.91 Å². The lowest BCUT2D eigenvalue weighted by Gasteiger charge is -2.22. The molecule has 1 aliphatic rings. The minimum atomic E-state index is -0.378. The number of carbonyl (C=O) groups is 2. The third kappa shape index (κ3) is 3.26. The van der Waals surface area contributed by atoms with E-state index in [0.29, 0.717) is 17.8 Å². The zero-order chi connectivity index (χ0) is 15.4. The van der Waals surface area contributed by atoms with Crippen LogP contribution in [0.1, 0.15) is 33.0 Å². The van der Waals surface area contributed by atoms with Crippen LogP contribution in [0.3, 0.4) is 0 Å². The normalized spacial score (nSPS) is 17.3. The average molecular weight is 306 g/mol. The largest absolute Gasteiger partial charge is 0.384 e. The van der Waals surface area contributed by atoms with Crippen LogP contribution < -0.4 is 5.32 Å². The van der Waals surface area contributed by atoms with Crippen LogP contribution in [0, 0.1) is 18.8 Å². The van der Waals surface area contributed by atoms with Crippen molar-refractivity contribution in [2.75, 3.05) is 20.2 Å². The number of aryl methyl sites for hydroxylation is 1. The molecule has 1 aromatic rings. The van der Waals surface area contributed by atoms with Gasteiger partial charge in [0.2, 0.25) is 5.91 Å². The Morgan fingerprint density at radius 3 is 3.00 bits per heavy atom. The van der Waals surface area contributed by atoms with E-state index < -0.39 is 0 Å². The standard InChI is InChI=1S/C15H18N2O3S/c1-10-9-13(21-12(10)6-4-8-18)15(20)17-7-3-5-11(17)14(19)16-2/h9,11,18H,3,5,7-8H2,1-2H3,(H,16,19). The summed E-state index contributed by atoms with van der Waals surface area (Å²) < 4.78 is 0. The summed E-state index contributed by atoms with van der Waals surface area (Å²) in [4.78, 5) is 27.4. The van der Waals surface area contributed by atoms with E-state index in [-0.39, 0.29) is 24.5 Å². The minimum Gasteiger partial charge on any atom is -0.384 e. The lowest BCUT2D eigenvalue weighted by Crippen LogP contribution is -2.44. The monoisotopic (exact) mass is 306 g/mol. The van der Waals surface area contributed by atoms with Gasteiger partial charge >= 0.3 is 0 Å². The van der Waals surface area contributed by atoms with Crippen LogP contribution in [0.2, 0.25) is 0 Å². The number of likely N-dealkylation sites (N-methyl/N-ethyl adjacent to an activating group) is 1. The maximum absolute atomic E-state index is 12.6. The summed E-state index contributed by atoms with van der Waals surface area (Å²) in [5, 5.41) is 11.3. The van der Waals surface area contributed by atoms with E-state index in [0.717, 1.165) is 16.9 Å². The molecule has 112 valence electrons. The first-order valence-electron chi connectivity index (χ1n) is 6.81. The Morgan fingerprint density at radius 1 is 1.57 bits per heavy atom. The molecule has 0 radical (unpaired) electrons. The number of amides is 2. The molecule has 2 N–H and O–H groups in total. The van der Waals surface area contributed by atoms with Crippen molar-refractivity contribution in [3.8, 4) is 11.8 Å². The van der Waals surface area contributed by atoms with Crippen LogP contribution in [0.4, 0.5) is 0 Å². The number of nitrogens with one attached hydrogen (secondary N) is 1. The van der Waals surface area contributed by atoms with E-state index in [4.69, 9.17) is 5.11 Å². The topological polar surface area (TPSA) is 69.6 Å². The van der Waals surface area contributed by atoms with Gasteiger partial charge in [0, 0.05) is 13.6 Å². The molecule has 5 nitrogen and oxygen atoms in total. The maximum Gasteiger partial charge on any atom is 0.264 e. The van der Waals surface area contributed by atoms with Gasteiger partial charge in [-0.1, -0.05) is 11.8 Å². The number of aliphatic hydroxyl groups is 1. The van der Waals surface area contributed by atoms with Gasteiger partial charge in [-0.25, -0.2) is 0 Å². The number of carbonyl (C=O) groups excluding carboxylic acids is 2. The predicted octanol–water partition coefficient (Wildman–Crippen LogP) is 0.751. The lowest BCUT2D eigenvalue weighted by atomic mass is 10.2. The fourth-order valence-electron chi connectivity index (χ4n) is 2.42. The van der Waals surface area contributed by atoms with Crippen molar-refractivity contribution in [3.63, 3.8) is 0 Å². The van der Waals surface area contributed by atoms with Gasteiger partial charge in [0.1, 0.15) is 12.6 Å². The second-order valence-electron chi connectivity index (χ2n) is 4.85. The summed E-state index contributed by atoms with van der Waals surface area (Å²) in [6.07, 6.45) is 1.54. The molecule has 1 aromatic heterocycles. The van der Waals surface area contributed by atoms with Crippen molar-refractivity contribution in [3.05, 3.63) is 21.4 Å². The molecule has 2 amide bonds. The molecule has 0 bridgehead atoms. The first-order valence-corrected chi connectivity index (χ1v) is 7.63. The molecule has 2 heterocycles. The second-order valence-corrected chi connectivity index (χ2v) is 5.91. The quantitative estimate of drug-likeness (QED) is 0.792. The van der Waals surface area contributed by atoms with E-state index >= 15 is 0 Å². The zero-order valence-electron chi connectivity index (χ0n) is 12.1. The van der Waals surface area contributed by atoms with Gasteiger partial charge in [0.05, 0.1) is 9.75 Å². The number of likely N-dealkylation sites (tertiary alicyclic amines) is 1. The van der Waals surface area contributed by atoms with Crippen LogP contribution in [0.25, 0.3) is 0 Å². The Balaban J connectivity index is 2.22. The summed E-state index contributed by atoms with van der Waals surface area (Å²) in [6, 6.07) is 1.42. The van der Waals surface area contributed by atoms with Gasteiger partial charge in [-0.05, 0) is 31.4 Å². The molecule has 0 saturated carbocycles. The van der Waals surface area contributed by atoms with E-state index in [1.54, 1.807) is 18.0 Å². The molecule has 1 aliphatic heterocycles. The van der Waals surface area contributed by atoms with Crippen LogP contribution >= 0.6 is 11.3 Å². The lowest BCUT2D eigenvalue weighted by molar-refractivity contribution is -0.124. The first kappa shape index (κ1) is 15.5. The first-order chi connectivity index (χ1) is 10.1. The average Bonchev–Trinajstić information content (AvgIpc) is 3.10. The highest BCUT2D eigenvalue weighted by molar-refractivity contribution is 7.14. The summed E-state index contributed by atoms with van der Waals surface area (Å²) in [5.41, 5.74) is 0.917. The molecule has 0 aromatic carbocycles. The van der Waals surface area contributed by atoms with Crippen molar-refractivity contribution >= 4 is 23.2 Å². The van der Waals surface area contributed by atoms with Gasteiger partial charge in [-0.2, -0.15) is 0 Å². The van der Waals surface area contributed by atoms with Gasteiger partial charge in [-0.15, -0.1) is 11.3 Å². The number of aliphatic hydroxyl groups excluding tert-OH is 1. The molecule has 1 atom stereocenters. The molecule has 1 fully saturated rings. The fraction of sp³-hybridized carbons (Fsp3) is 0.467. The van der Waals surface area contributed by atoms with E-state index in [2.05, 4.69) is 17.2 Å². The molecule has 0 aliphatic carbocycles. The highest BCUT2D eigenvalue weighted by Crippen LogP contribution is 2.26. The van der Waals surface area contributed by atoms with Gasteiger partial charge in [-0.3, -0.25) is 9.59 Å². The van der Waals surface area contributed by atoms with Crippen molar-refractivity contribution in [2.24, 2.45) is 0 Å². The molecule has 0 spiro atoms. The molecule has 2 rings (SSSR count). The van der Waals surface area contributed by atoms with Crippen LogP contribution in [0.5, 0.6) is 0 Å². The maximum atomic E-state index is 12.6. The number of hydrogen-bond donors (Lipinski definition) is 2. The van der Waals surface area contributed by atoms with Gasteiger partial charge < -0.3 is 15.3 Å². The number of hydrogen-bond acceptors (Lipinski definition) is 4. The summed E-state index contributed by atoms with van der Waals surface area (Å²) in [5.74, 6) is 5.20. The highest BCUT2D eigenvalue weighted by Gasteiger charge is 2.34. The minimum absolute atomic E-state index is 0.116. The van der Waals surface area contributed by atoms with Crippen molar-refractivity contribution in [1.29, 1.82) is 0 Å². The van der Waals surface area contributed by atoms with Crippen molar-refractivity contribution < 1.29 is 14.7 Å². The smallest absolute Gasteiger partial charge is 0.264 e. The Kier molecular flexibility index (Phi) is 4.99. The van der Waals surface area contributed by atoms with Crippen molar-refractivity contribution in [2.45, 2.75) is 25.8 Å². The number of thiophene rings is 1. The van der Waals surface area contributed by atoms with Gasteiger partial charge in [0.15, 0.2) is 0 Å². The fourth-order valence-corrected chi connectivity index (χ4v) is 3.43. The van der Waals surface area contributed by atoms with E-state index in [1.165, 1.54) is 11.3 Å².